The lowest BCUT2D eigenvalue weighted by Crippen LogP contribution is -2.23. The van der Waals surface area contributed by atoms with Crippen LogP contribution in [-0.2, 0) is 20.7 Å². The van der Waals surface area contributed by atoms with Gasteiger partial charge in [-0.1, -0.05) is 129 Å². The molecule has 1 aromatic carbocycles. The van der Waals surface area contributed by atoms with Gasteiger partial charge in [-0.2, -0.15) is 0 Å². The topological polar surface area (TPSA) is 55.4 Å². The van der Waals surface area contributed by atoms with Crippen molar-refractivity contribution in [3.05, 3.63) is 29.8 Å². The summed E-state index contributed by atoms with van der Waals surface area (Å²) < 4.78 is 4.95. The molecule has 0 aliphatic carbocycles. The molecule has 1 amide bonds. The van der Waals surface area contributed by atoms with Gasteiger partial charge in [-0.3, -0.25) is 9.59 Å². The molecule has 1 aromatic rings. The van der Waals surface area contributed by atoms with Crippen LogP contribution >= 0.6 is 0 Å². The fourth-order valence-electron chi connectivity index (χ4n) is 4.67. The Balaban J connectivity index is 2.07. The maximum atomic E-state index is 12.5. The first-order valence-corrected chi connectivity index (χ1v) is 14.6. The van der Waals surface area contributed by atoms with E-state index in [9.17, 15) is 9.59 Å². The first kappa shape index (κ1) is 31.2. The maximum absolute atomic E-state index is 12.5. The molecule has 1 rings (SSSR count). The van der Waals surface area contributed by atoms with E-state index < -0.39 is 0 Å². The number of hydrogen-bond donors (Lipinski definition) is 1. The van der Waals surface area contributed by atoms with Crippen LogP contribution in [0.5, 0.6) is 0 Å². The Hall–Kier alpha value is -1.84. The molecular formula is C31H53NO3. The highest BCUT2D eigenvalue weighted by molar-refractivity contribution is 5.93. The van der Waals surface area contributed by atoms with Crippen molar-refractivity contribution in [2.45, 2.75) is 136 Å². The number of unbranched alkanes of at least 4 members (excludes halogenated alkanes) is 15. The largest absolute Gasteiger partial charge is 0.469 e. The van der Waals surface area contributed by atoms with Crippen molar-refractivity contribution in [3.63, 3.8) is 0 Å². The lowest BCUT2D eigenvalue weighted by Gasteiger charge is -2.14. The lowest BCUT2D eigenvalue weighted by molar-refractivity contribution is -0.147. The molecule has 0 bridgehead atoms. The van der Waals surface area contributed by atoms with Gasteiger partial charge in [0.2, 0.25) is 5.91 Å². The van der Waals surface area contributed by atoms with Gasteiger partial charge in [0.15, 0.2) is 0 Å². The van der Waals surface area contributed by atoms with Crippen molar-refractivity contribution in [1.29, 1.82) is 0 Å². The van der Waals surface area contributed by atoms with Crippen LogP contribution in [0.25, 0.3) is 0 Å². The molecule has 1 N–H and O–H groups in total. The van der Waals surface area contributed by atoms with Crippen LogP contribution in [0.15, 0.2) is 24.3 Å². The number of esters is 1. The normalized spacial score (nSPS) is 11.9. The molecule has 0 aliphatic heterocycles. The van der Waals surface area contributed by atoms with Crippen molar-refractivity contribution >= 4 is 17.6 Å². The first-order valence-electron chi connectivity index (χ1n) is 14.6. The lowest BCUT2D eigenvalue weighted by atomic mass is 9.96. The van der Waals surface area contributed by atoms with Crippen LogP contribution in [0.2, 0.25) is 0 Å². The minimum atomic E-state index is -0.360. The Labute approximate surface area is 216 Å². The zero-order valence-electron chi connectivity index (χ0n) is 23.0. The predicted molar refractivity (Wildman–Crippen MR) is 149 cm³/mol. The van der Waals surface area contributed by atoms with Crippen LogP contribution in [0, 0.1) is 5.92 Å². The smallest absolute Gasteiger partial charge is 0.309 e. The van der Waals surface area contributed by atoms with Crippen molar-refractivity contribution in [3.8, 4) is 0 Å². The van der Waals surface area contributed by atoms with Gasteiger partial charge in [-0.15, -0.1) is 0 Å². The summed E-state index contributed by atoms with van der Waals surface area (Å²) >= 11 is 0. The van der Waals surface area contributed by atoms with Gasteiger partial charge in [-0.25, -0.2) is 0 Å². The maximum Gasteiger partial charge on any atom is 0.309 e. The van der Waals surface area contributed by atoms with Gasteiger partial charge < -0.3 is 10.1 Å². The first-order chi connectivity index (χ1) is 17.1. The number of benzene rings is 1. The number of aryl methyl sites for hydroxylation is 1. The molecule has 4 nitrogen and oxygen atoms in total. The Morgan fingerprint density at radius 2 is 1.17 bits per heavy atom. The molecule has 0 heterocycles. The third-order valence-corrected chi connectivity index (χ3v) is 7.02. The number of carbonyl (C=O) groups excluding carboxylic acids is 2. The number of anilines is 1. The number of hydrogen-bond acceptors (Lipinski definition) is 3. The highest BCUT2D eigenvalue weighted by Gasteiger charge is 2.22. The molecular weight excluding hydrogens is 434 g/mol. The van der Waals surface area contributed by atoms with Crippen molar-refractivity contribution in [2.75, 3.05) is 12.4 Å². The molecule has 0 saturated heterocycles. The highest BCUT2D eigenvalue weighted by atomic mass is 16.5. The summed E-state index contributed by atoms with van der Waals surface area (Å²) in [5.41, 5.74) is 2.01. The Bertz CT molecular complexity index is 656. The predicted octanol–water partition coefficient (Wildman–Crippen LogP) is 9.02. The molecule has 0 spiro atoms. The Morgan fingerprint density at radius 3 is 1.60 bits per heavy atom. The van der Waals surface area contributed by atoms with E-state index in [1.54, 1.807) is 0 Å². The number of nitrogens with one attached hydrogen (secondary N) is 1. The van der Waals surface area contributed by atoms with E-state index in [0.717, 1.165) is 24.9 Å². The summed E-state index contributed by atoms with van der Waals surface area (Å²) in [6, 6.07) is 7.87. The van der Waals surface area contributed by atoms with Gasteiger partial charge in [0.05, 0.1) is 13.0 Å². The van der Waals surface area contributed by atoms with E-state index in [0.29, 0.717) is 6.42 Å². The van der Waals surface area contributed by atoms with Gasteiger partial charge in [0, 0.05) is 12.1 Å². The van der Waals surface area contributed by atoms with E-state index in [1.807, 2.05) is 24.3 Å². The number of methoxy groups -OCH3 is 1. The minimum Gasteiger partial charge on any atom is -0.469 e. The van der Waals surface area contributed by atoms with Crippen LogP contribution < -0.4 is 5.32 Å². The van der Waals surface area contributed by atoms with E-state index in [1.165, 1.54) is 103 Å². The minimum absolute atomic E-state index is 0.124. The average molecular weight is 488 g/mol. The molecule has 0 saturated carbocycles. The number of rotatable bonds is 22. The fraction of sp³-hybridized carbons (Fsp3) is 0.742. The van der Waals surface area contributed by atoms with Gasteiger partial charge >= 0.3 is 5.97 Å². The monoisotopic (exact) mass is 487 g/mol. The second kappa shape index (κ2) is 21.4. The van der Waals surface area contributed by atoms with Crippen molar-refractivity contribution < 1.29 is 14.3 Å². The van der Waals surface area contributed by atoms with Crippen LogP contribution in [-0.4, -0.2) is 19.0 Å². The highest BCUT2D eigenvalue weighted by Crippen LogP contribution is 2.19. The number of carbonyl (C=O) groups is 2. The molecule has 0 fully saturated rings. The van der Waals surface area contributed by atoms with E-state index in [4.69, 9.17) is 4.74 Å². The summed E-state index contributed by atoms with van der Waals surface area (Å²) in [5.74, 6) is -0.759. The van der Waals surface area contributed by atoms with Gasteiger partial charge in [0.1, 0.15) is 0 Å². The third-order valence-electron chi connectivity index (χ3n) is 7.02. The molecule has 0 radical (unpaired) electrons. The summed E-state index contributed by atoms with van der Waals surface area (Å²) in [6.07, 6.45) is 23.1. The van der Waals surface area contributed by atoms with E-state index in [-0.39, 0.29) is 24.2 Å². The molecule has 1 unspecified atom stereocenters. The van der Waals surface area contributed by atoms with E-state index in [2.05, 4.69) is 19.2 Å². The van der Waals surface area contributed by atoms with E-state index >= 15 is 0 Å². The number of ether oxygens (including phenoxy) is 1. The standard InChI is InChI=1S/C31H53NO3/c1-4-6-7-8-9-10-11-12-13-14-15-16-17-18-19-20-21-28(31(34)35-3)26-30(33)32-29-24-22-27(5-2)23-25-29/h22-25,28H,4-21,26H2,1-3H3,(H,32,33). The average Bonchev–Trinajstić information content (AvgIpc) is 2.87. The van der Waals surface area contributed by atoms with Crippen LogP contribution in [0.4, 0.5) is 5.69 Å². The second-order valence-corrected chi connectivity index (χ2v) is 10.1. The molecule has 1 atom stereocenters. The summed E-state index contributed by atoms with van der Waals surface area (Å²) in [4.78, 5) is 24.6. The zero-order chi connectivity index (χ0) is 25.6. The molecule has 0 aromatic heterocycles. The molecule has 0 aliphatic rings. The van der Waals surface area contributed by atoms with Crippen LogP contribution in [0.3, 0.4) is 0 Å². The number of amides is 1. The summed E-state index contributed by atoms with van der Waals surface area (Å²) in [7, 11) is 1.41. The Morgan fingerprint density at radius 1 is 0.714 bits per heavy atom. The fourth-order valence-corrected chi connectivity index (χ4v) is 4.67. The summed E-state index contributed by atoms with van der Waals surface area (Å²) in [6.45, 7) is 4.38. The molecule has 35 heavy (non-hydrogen) atoms. The third kappa shape index (κ3) is 16.5. The van der Waals surface area contributed by atoms with Crippen molar-refractivity contribution in [2.24, 2.45) is 5.92 Å². The van der Waals surface area contributed by atoms with Crippen molar-refractivity contribution in [1.82, 2.24) is 0 Å². The molecule has 200 valence electrons. The Kier molecular flexibility index (Phi) is 19.1. The quantitative estimate of drug-likeness (QED) is 0.131. The van der Waals surface area contributed by atoms with Crippen LogP contribution in [0.1, 0.15) is 135 Å². The summed E-state index contributed by atoms with van der Waals surface area (Å²) in [5, 5.41) is 2.91. The SMILES string of the molecule is CCCCCCCCCCCCCCCCCCC(CC(=O)Nc1ccc(CC)cc1)C(=O)OC. The molecule has 4 heteroatoms. The second-order valence-electron chi connectivity index (χ2n) is 10.1. The zero-order valence-corrected chi connectivity index (χ0v) is 23.0. The van der Waals surface area contributed by atoms with Gasteiger partial charge in [-0.05, 0) is 30.5 Å². The van der Waals surface area contributed by atoms with Gasteiger partial charge in [0.25, 0.3) is 0 Å².